The Morgan fingerprint density at radius 3 is 2.96 bits per heavy atom. The summed E-state index contributed by atoms with van der Waals surface area (Å²) in [7, 11) is 0. The number of nitrogens with one attached hydrogen (secondary N) is 1. The van der Waals surface area contributed by atoms with Crippen molar-refractivity contribution in [2.45, 2.75) is 19.5 Å². The molecule has 1 N–H and O–H groups in total. The van der Waals surface area contributed by atoms with Crippen molar-refractivity contribution >= 4 is 32.7 Å². The summed E-state index contributed by atoms with van der Waals surface area (Å²) in [5, 5.41) is 11.9. The third-order valence-electron chi connectivity index (χ3n) is 4.06. The first kappa shape index (κ1) is 19.6. The predicted molar refractivity (Wildman–Crippen MR) is 108 cm³/mol. The largest absolute Gasteiger partial charge is 0.479 e. The number of rotatable bonds is 7. The van der Waals surface area contributed by atoms with E-state index in [0.29, 0.717) is 23.2 Å². The maximum Gasteiger partial charge on any atom is 0.261 e. The molecule has 2 aromatic carbocycles. The van der Waals surface area contributed by atoms with Gasteiger partial charge in [-0.3, -0.25) is 14.2 Å². The Kier molecular flexibility index (Phi) is 6.40. The zero-order valence-corrected chi connectivity index (χ0v) is 16.5. The molecule has 28 heavy (non-hydrogen) atoms. The first-order chi connectivity index (χ1) is 13.6. The quantitative estimate of drug-likeness (QED) is 0.608. The van der Waals surface area contributed by atoms with Crippen LogP contribution in [-0.4, -0.2) is 22.1 Å². The lowest BCUT2D eigenvalue weighted by Crippen LogP contribution is -2.27. The van der Waals surface area contributed by atoms with E-state index >= 15 is 0 Å². The highest BCUT2D eigenvalue weighted by Gasteiger charge is 2.07. The number of benzene rings is 2. The van der Waals surface area contributed by atoms with Gasteiger partial charge in [0.15, 0.2) is 6.61 Å². The number of carbonyl (C=O) groups excluding carboxylic acids is 1. The second-order valence-corrected chi connectivity index (χ2v) is 6.94. The van der Waals surface area contributed by atoms with Crippen molar-refractivity contribution in [1.29, 1.82) is 5.26 Å². The van der Waals surface area contributed by atoms with E-state index in [0.717, 1.165) is 10.0 Å². The van der Waals surface area contributed by atoms with Gasteiger partial charge >= 0.3 is 0 Å². The van der Waals surface area contributed by atoms with Gasteiger partial charge < -0.3 is 10.1 Å². The molecule has 0 radical (unpaired) electrons. The van der Waals surface area contributed by atoms with Gasteiger partial charge in [-0.2, -0.15) is 5.26 Å². The summed E-state index contributed by atoms with van der Waals surface area (Å²) in [5.74, 6) is 0.401. The van der Waals surface area contributed by atoms with Crippen molar-refractivity contribution < 1.29 is 9.53 Å². The molecule has 0 atom stereocenters. The molecular formula is C20H17BrN4O3. The summed E-state index contributed by atoms with van der Waals surface area (Å²) in [6.45, 7) is 0.548. The van der Waals surface area contributed by atoms with E-state index in [-0.39, 0.29) is 31.0 Å². The number of aryl methyl sites for hydroxylation is 1. The lowest BCUT2D eigenvalue weighted by atomic mass is 10.2. The molecule has 0 unspecified atom stereocenters. The molecule has 0 fully saturated rings. The normalized spacial score (nSPS) is 10.4. The van der Waals surface area contributed by atoms with E-state index in [9.17, 15) is 9.59 Å². The fourth-order valence-corrected chi connectivity index (χ4v) is 3.02. The van der Waals surface area contributed by atoms with Crippen LogP contribution >= 0.6 is 15.9 Å². The molecular weight excluding hydrogens is 424 g/mol. The number of aromatic nitrogens is 2. The number of carbonyl (C=O) groups is 1. The zero-order chi connectivity index (χ0) is 19.9. The monoisotopic (exact) mass is 440 g/mol. The van der Waals surface area contributed by atoms with Crippen LogP contribution < -0.4 is 15.6 Å². The van der Waals surface area contributed by atoms with Crippen molar-refractivity contribution in [3.8, 4) is 11.8 Å². The maximum absolute atomic E-state index is 12.5. The molecule has 0 bridgehead atoms. The molecule has 0 saturated heterocycles. The van der Waals surface area contributed by atoms with Crippen LogP contribution in [0.2, 0.25) is 0 Å². The molecule has 3 aromatic rings. The Labute approximate surface area is 169 Å². The summed E-state index contributed by atoms with van der Waals surface area (Å²) in [4.78, 5) is 28.9. The fourth-order valence-electron chi connectivity index (χ4n) is 2.66. The van der Waals surface area contributed by atoms with E-state index in [1.165, 1.54) is 10.9 Å². The maximum atomic E-state index is 12.5. The van der Waals surface area contributed by atoms with Gasteiger partial charge in [0.1, 0.15) is 11.8 Å². The molecule has 1 aromatic heterocycles. The van der Waals surface area contributed by atoms with Crippen LogP contribution in [0, 0.1) is 11.3 Å². The van der Waals surface area contributed by atoms with E-state index < -0.39 is 0 Å². The SMILES string of the molecule is N#CCOc1cccc(CNC(=O)CCn2cnc3ccc(Br)cc3c2=O)c1. The lowest BCUT2D eigenvalue weighted by Gasteiger charge is -2.09. The van der Waals surface area contributed by atoms with E-state index in [1.54, 1.807) is 30.3 Å². The molecule has 1 amide bonds. The fraction of sp³-hybridized carbons (Fsp3) is 0.200. The van der Waals surface area contributed by atoms with Crippen LogP contribution in [0.15, 0.2) is 58.1 Å². The van der Waals surface area contributed by atoms with E-state index in [2.05, 4.69) is 26.2 Å². The van der Waals surface area contributed by atoms with Crippen LogP contribution in [0.4, 0.5) is 0 Å². The minimum atomic E-state index is -0.179. The Hall–Kier alpha value is -3.18. The van der Waals surface area contributed by atoms with E-state index in [4.69, 9.17) is 10.00 Å². The average Bonchev–Trinajstić information content (AvgIpc) is 2.71. The topological polar surface area (TPSA) is 97.0 Å². The van der Waals surface area contributed by atoms with Crippen LogP contribution in [0.5, 0.6) is 5.75 Å². The van der Waals surface area contributed by atoms with Crippen LogP contribution in [0.3, 0.4) is 0 Å². The third-order valence-corrected chi connectivity index (χ3v) is 4.55. The number of ether oxygens (including phenoxy) is 1. The van der Waals surface area contributed by atoms with Gasteiger partial charge in [-0.25, -0.2) is 4.98 Å². The molecule has 1 heterocycles. The number of nitriles is 1. The number of hydrogen-bond acceptors (Lipinski definition) is 5. The molecule has 0 saturated carbocycles. The predicted octanol–water partition coefficient (Wildman–Crippen LogP) is 2.77. The highest BCUT2D eigenvalue weighted by Crippen LogP contribution is 2.15. The summed E-state index contributed by atoms with van der Waals surface area (Å²) < 4.78 is 7.48. The minimum Gasteiger partial charge on any atom is -0.479 e. The zero-order valence-electron chi connectivity index (χ0n) is 14.9. The minimum absolute atomic E-state index is 0.0269. The summed E-state index contributed by atoms with van der Waals surface area (Å²) in [5.41, 5.74) is 1.30. The van der Waals surface area contributed by atoms with Gasteiger partial charge in [-0.1, -0.05) is 28.1 Å². The Bertz CT molecular complexity index is 1100. The van der Waals surface area contributed by atoms with Crippen molar-refractivity contribution in [2.75, 3.05) is 6.61 Å². The van der Waals surface area contributed by atoms with Gasteiger partial charge in [-0.15, -0.1) is 0 Å². The van der Waals surface area contributed by atoms with Crippen molar-refractivity contribution in [3.05, 3.63) is 69.2 Å². The number of hydrogen-bond donors (Lipinski definition) is 1. The molecule has 0 spiro atoms. The number of amides is 1. The van der Waals surface area contributed by atoms with Crippen LogP contribution in [-0.2, 0) is 17.9 Å². The summed E-state index contributed by atoms with van der Waals surface area (Å²) in [6, 6.07) is 14.4. The van der Waals surface area contributed by atoms with Gasteiger partial charge in [-0.05, 0) is 35.9 Å². The molecule has 142 valence electrons. The molecule has 3 rings (SSSR count). The Balaban J connectivity index is 1.58. The highest BCUT2D eigenvalue weighted by molar-refractivity contribution is 9.10. The van der Waals surface area contributed by atoms with Crippen molar-refractivity contribution in [3.63, 3.8) is 0 Å². The molecule has 8 heteroatoms. The van der Waals surface area contributed by atoms with Gasteiger partial charge in [0.05, 0.1) is 17.2 Å². The first-order valence-corrected chi connectivity index (χ1v) is 9.36. The smallest absolute Gasteiger partial charge is 0.261 e. The Morgan fingerprint density at radius 2 is 2.14 bits per heavy atom. The standard InChI is InChI=1S/C20H17BrN4O3/c21-15-4-5-18-17(11-15)20(27)25(13-24-18)8-6-19(26)23-12-14-2-1-3-16(10-14)28-9-7-22/h1-5,10-11,13H,6,8-9,12H2,(H,23,26). The first-order valence-electron chi connectivity index (χ1n) is 8.57. The highest BCUT2D eigenvalue weighted by atomic mass is 79.9. The molecule has 0 aliphatic rings. The molecule has 7 nitrogen and oxygen atoms in total. The number of fused-ring (bicyclic) bond motifs is 1. The molecule has 0 aliphatic carbocycles. The Morgan fingerprint density at radius 1 is 1.29 bits per heavy atom. The number of nitrogens with zero attached hydrogens (tertiary/aromatic N) is 3. The molecule has 0 aliphatic heterocycles. The third kappa shape index (κ3) is 4.96. The van der Waals surface area contributed by atoms with E-state index in [1.807, 2.05) is 18.2 Å². The van der Waals surface area contributed by atoms with Crippen LogP contribution in [0.1, 0.15) is 12.0 Å². The van der Waals surface area contributed by atoms with Crippen molar-refractivity contribution in [2.24, 2.45) is 0 Å². The van der Waals surface area contributed by atoms with Gasteiger partial charge in [0.2, 0.25) is 5.91 Å². The second kappa shape index (κ2) is 9.15. The summed E-state index contributed by atoms with van der Waals surface area (Å²) >= 11 is 3.35. The van der Waals surface area contributed by atoms with Crippen LogP contribution in [0.25, 0.3) is 10.9 Å². The van der Waals surface area contributed by atoms with Gasteiger partial charge in [0, 0.05) is 24.0 Å². The second-order valence-electron chi connectivity index (χ2n) is 6.03. The lowest BCUT2D eigenvalue weighted by molar-refractivity contribution is -0.121. The van der Waals surface area contributed by atoms with Gasteiger partial charge in [0.25, 0.3) is 5.56 Å². The summed E-state index contributed by atoms with van der Waals surface area (Å²) in [6.07, 6.45) is 1.62. The average molecular weight is 441 g/mol. The number of halogens is 1. The van der Waals surface area contributed by atoms with Crippen molar-refractivity contribution in [1.82, 2.24) is 14.9 Å².